The summed E-state index contributed by atoms with van der Waals surface area (Å²) in [5.41, 5.74) is 3.73. The van der Waals surface area contributed by atoms with Crippen LogP contribution in [0.2, 0.25) is 0 Å². The van der Waals surface area contributed by atoms with Crippen molar-refractivity contribution in [2.45, 2.75) is 6.54 Å². The van der Waals surface area contributed by atoms with Crippen molar-refractivity contribution in [3.63, 3.8) is 0 Å². The molecule has 0 spiro atoms. The molecule has 4 rings (SSSR count). The average molecular weight is 223 g/mol. The maximum Gasteiger partial charge on any atom is 0.326 e. The van der Waals surface area contributed by atoms with E-state index in [1.807, 2.05) is 24.3 Å². The molecule has 4 nitrogen and oxygen atoms in total. The van der Waals surface area contributed by atoms with Crippen molar-refractivity contribution in [3.05, 3.63) is 46.5 Å². The van der Waals surface area contributed by atoms with E-state index in [-0.39, 0.29) is 5.69 Å². The van der Waals surface area contributed by atoms with Gasteiger partial charge in [0.2, 0.25) is 0 Å². The van der Waals surface area contributed by atoms with Crippen LogP contribution in [0.1, 0.15) is 5.56 Å². The van der Waals surface area contributed by atoms with Crippen LogP contribution in [0.3, 0.4) is 0 Å². The molecule has 1 N–H and O–H groups in total. The van der Waals surface area contributed by atoms with Crippen molar-refractivity contribution in [2.24, 2.45) is 0 Å². The molecule has 3 aromatic rings. The number of hydrogen-bond acceptors (Lipinski definition) is 2. The molecule has 0 radical (unpaired) electrons. The van der Waals surface area contributed by atoms with Gasteiger partial charge >= 0.3 is 5.69 Å². The standard InChI is InChI=1S/C13H9N3O/c17-13-15-10-7-14-9-5-1-3-8-4-2-6-16(13)12(10)11(8)9/h1-5,7H,6H2,(H,15,17). The van der Waals surface area contributed by atoms with Crippen molar-refractivity contribution in [1.29, 1.82) is 0 Å². The van der Waals surface area contributed by atoms with Crippen LogP contribution in [0.25, 0.3) is 28.0 Å². The van der Waals surface area contributed by atoms with E-state index in [0.717, 1.165) is 27.5 Å². The Balaban J connectivity index is 2.44. The van der Waals surface area contributed by atoms with Gasteiger partial charge in [0.1, 0.15) is 0 Å². The number of benzene rings is 1. The van der Waals surface area contributed by atoms with Gasteiger partial charge in [-0.05, 0) is 11.6 Å². The molecule has 1 aromatic carbocycles. The zero-order valence-corrected chi connectivity index (χ0v) is 8.97. The summed E-state index contributed by atoms with van der Waals surface area (Å²) in [7, 11) is 0. The third-order valence-corrected chi connectivity index (χ3v) is 3.24. The lowest BCUT2D eigenvalue weighted by Gasteiger charge is -2.03. The molecule has 1 aliphatic heterocycles. The van der Waals surface area contributed by atoms with Gasteiger partial charge in [-0.1, -0.05) is 24.3 Å². The zero-order chi connectivity index (χ0) is 11.4. The summed E-state index contributed by atoms with van der Waals surface area (Å²) in [5, 5.41) is 1.05. The van der Waals surface area contributed by atoms with E-state index >= 15 is 0 Å². The lowest BCUT2D eigenvalue weighted by Crippen LogP contribution is -2.15. The Morgan fingerprint density at radius 2 is 2.29 bits per heavy atom. The SMILES string of the molecule is O=c1[nH]c2cnc3cccc4c3c2n1CC=C4. The second kappa shape index (κ2) is 2.85. The van der Waals surface area contributed by atoms with Crippen LogP contribution in [0, 0.1) is 0 Å². The van der Waals surface area contributed by atoms with Crippen LogP contribution in [0.15, 0.2) is 35.3 Å². The number of hydrogen-bond donors (Lipinski definition) is 1. The van der Waals surface area contributed by atoms with Gasteiger partial charge in [0.15, 0.2) is 0 Å². The fraction of sp³-hybridized carbons (Fsp3) is 0.0769. The minimum absolute atomic E-state index is 0.0735. The minimum atomic E-state index is -0.0735. The number of rotatable bonds is 0. The van der Waals surface area contributed by atoms with Gasteiger partial charge in [0.25, 0.3) is 0 Å². The third kappa shape index (κ3) is 1.02. The number of aromatic amines is 1. The Bertz CT molecular complexity index is 839. The highest BCUT2D eigenvalue weighted by atomic mass is 16.1. The van der Waals surface area contributed by atoms with Gasteiger partial charge in [-0.15, -0.1) is 0 Å². The van der Waals surface area contributed by atoms with Crippen molar-refractivity contribution in [2.75, 3.05) is 0 Å². The molecule has 0 aliphatic carbocycles. The number of aromatic nitrogens is 3. The molecule has 1 aliphatic rings. The molecular formula is C13H9N3O. The summed E-state index contributed by atoms with van der Waals surface area (Å²) in [6, 6.07) is 6.01. The average Bonchev–Trinajstić information content (AvgIpc) is 2.55. The molecule has 0 amide bonds. The van der Waals surface area contributed by atoms with Gasteiger partial charge < -0.3 is 4.98 Å². The maximum atomic E-state index is 11.8. The summed E-state index contributed by atoms with van der Waals surface area (Å²) in [5.74, 6) is 0. The summed E-state index contributed by atoms with van der Waals surface area (Å²) < 4.78 is 1.76. The highest BCUT2D eigenvalue weighted by molar-refractivity contribution is 6.06. The van der Waals surface area contributed by atoms with Crippen LogP contribution < -0.4 is 5.69 Å². The number of allylic oxidation sites excluding steroid dienone is 1. The van der Waals surface area contributed by atoms with Crippen LogP contribution in [0.4, 0.5) is 0 Å². The summed E-state index contributed by atoms with van der Waals surface area (Å²) in [4.78, 5) is 19.1. The van der Waals surface area contributed by atoms with E-state index in [4.69, 9.17) is 0 Å². The molecule has 82 valence electrons. The molecule has 2 aromatic heterocycles. The quantitative estimate of drug-likeness (QED) is 0.632. The van der Waals surface area contributed by atoms with E-state index in [1.54, 1.807) is 10.8 Å². The molecular weight excluding hydrogens is 214 g/mol. The molecule has 17 heavy (non-hydrogen) atoms. The Kier molecular flexibility index (Phi) is 1.47. The van der Waals surface area contributed by atoms with E-state index in [1.165, 1.54) is 0 Å². The zero-order valence-electron chi connectivity index (χ0n) is 8.97. The first-order valence-corrected chi connectivity index (χ1v) is 5.51. The fourth-order valence-corrected chi connectivity index (χ4v) is 2.51. The number of pyridine rings is 1. The van der Waals surface area contributed by atoms with Crippen LogP contribution in [0.5, 0.6) is 0 Å². The molecule has 3 heterocycles. The molecule has 0 saturated carbocycles. The van der Waals surface area contributed by atoms with Crippen LogP contribution in [-0.2, 0) is 6.54 Å². The first kappa shape index (κ1) is 8.75. The summed E-state index contributed by atoms with van der Waals surface area (Å²) >= 11 is 0. The van der Waals surface area contributed by atoms with Gasteiger partial charge in [0, 0.05) is 11.9 Å². The number of H-pyrrole nitrogens is 1. The monoisotopic (exact) mass is 223 g/mol. The first-order valence-electron chi connectivity index (χ1n) is 5.51. The predicted molar refractivity (Wildman–Crippen MR) is 66.9 cm³/mol. The van der Waals surface area contributed by atoms with Crippen molar-refractivity contribution >= 4 is 28.0 Å². The predicted octanol–water partition coefficient (Wildman–Crippen LogP) is 1.90. The lowest BCUT2D eigenvalue weighted by atomic mass is 10.1. The van der Waals surface area contributed by atoms with E-state index in [2.05, 4.69) is 16.0 Å². The highest BCUT2D eigenvalue weighted by Gasteiger charge is 2.14. The van der Waals surface area contributed by atoms with Gasteiger partial charge in [-0.3, -0.25) is 9.55 Å². The normalized spacial score (nSPS) is 13.6. The van der Waals surface area contributed by atoms with Gasteiger partial charge in [-0.25, -0.2) is 4.79 Å². The highest BCUT2D eigenvalue weighted by Crippen LogP contribution is 2.27. The van der Waals surface area contributed by atoms with Crippen molar-refractivity contribution in [3.8, 4) is 0 Å². The van der Waals surface area contributed by atoms with Crippen LogP contribution in [-0.4, -0.2) is 14.5 Å². The Morgan fingerprint density at radius 3 is 3.24 bits per heavy atom. The maximum absolute atomic E-state index is 11.8. The second-order valence-corrected chi connectivity index (χ2v) is 4.20. The van der Waals surface area contributed by atoms with Crippen molar-refractivity contribution in [1.82, 2.24) is 14.5 Å². The Hall–Kier alpha value is -2.36. The third-order valence-electron chi connectivity index (χ3n) is 3.24. The fourth-order valence-electron chi connectivity index (χ4n) is 2.51. The number of nitrogens with one attached hydrogen (secondary N) is 1. The molecule has 0 atom stereocenters. The molecule has 0 saturated heterocycles. The topological polar surface area (TPSA) is 50.7 Å². The van der Waals surface area contributed by atoms with E-state index in [9.17, 15) is 4.79 Å². The van der Waals surface area contributed by atoms with Crippen molar-refractivity contribution < 1.29 is 0 Å². The minimum Gasteiger partial charge on any atom is -0.304 e. The molecule has 0 bridgehead atoms. The largest absolute Gasteiger partial charge is 0.326 e. The van der Waals surface area contributed by atoms with E-state index in [0.29, 0.717) is 6.54 Å². The van der Waals surface area contributed by atoms with Gasteiger partial charge in [-0.2, -0.15) is 0 Å². The summed E-state index contributed by atoms with van der Waals surface area (Å²) in [6.07, 6.45) is 5.78. The molecule has 4 heteroatoms. The number of nitrogens with zero attached hydrogens (tertiary/aromatic N) is 2. The lowest BCUT2D eigenvalue weighted by molar-refractivity contribution is 0.814. The number of imidazole rings is 1. The smallest absolute Gasteiger partial charge is 0.304 e. The molecule has 0 unspecified atom stereocenters. The summed E-state index contributed by atoms with van der Waals surface area (Å²) in [6.45, 7) is 0.604. The Morgan fingerprint density at radius 1 is 1.35 bits per heavy atom. The van der Waals surface area contributed by atoms with E-state index < -0.39 is 0 Å². The second-order valence-electron chi connectivity index (χ2n) is 4.20. The van der Waals surface area contributed by atoms with Gasteiger partial charge in [0.05, 0.1) is 22.7 Å². The molecule has 0 fully saturated rings. The van der Waals surface area contributed by atoms with Crippen LogP contribution >= 0.6 is 0 Å². The Labute approximate surface area is 96.2 Å². The first-order chi connectivity index (χ1) is 8.34.